The van der Waals surface area contributed by atoms with Gasteiger partial charge in [0.2, 0.25) is 5.91 Å². The van der Waals surface area contributed by atoms with Crippen LogP contribution in [0.25, 0.3) is 0 Å². The molecular weight excluding hydrogens is 236 g/mol. The summed E-state index contributed by atoms with van der Waals surface area (Å²) in [6.45, 7) is 5.31. The van der Waals surface area contributed by atoms with Gasteiger partial charge in [-0.25, -0.2) is 4.79 Å². The number of likely N-dealkylation sites (tertiary alicyclic amines) is 1. The second-order valence-electron chi connectivity index (χ2n) is 4.90. The molecule has 0 aromatic heterocycles. The maximum atomic E-state index is 11.6. The van der Waals surface area contributed by atoms with Crippen LogP contribution in [0.3, 0.4) is 0 Å². The normalized spacial score (nSPS) is 25.3. The van der Waals surface area contributed by atoms with Gasteiger partial charge in [0, 0.05) is 6.54 Å². The number of hydrogen-bond acceptors (Lipinski definition) is 5. The van der Waals surface area contributed by atoms with Crippen LogP contribution < -0.4 is 5.32 Å². The quantitative estimate of drug-likeness (QED) is 0.770. The van der Waals surface area contributed by atoms with Crippen molar-refractivity contribution in [2.24, 2.45) is 0 Å². The van der Waals surface area contributed by atoms with E-state index in [-0.39, 0.29) is 19.1 Å². The van der Waals surface area contributed by atoms with Crippen molar-refractivity contribution in [3.63, 3.8) is 0 Å². The zero-order valence-corrected chi connectivity index (χ0v) is 11.1. The first-order chi connectivity index (χ1) is 8.43. The Hall–Kier alpha value is -1.14. The van der Waals surface area contributed by atoms with Gasteiger partial charge in [0.25, 0.3) is 0 Å². The standard InChI is InChI=1S/C12H22N2O4/c1-3-18-11(16)13-10(15)9-14-7-4-5-12(2,17)6-8-14/h17H,3-9H2,1-2H3,(H,13,15,16). The molecule has 104 valence electrons. The van der Waals surface area contributed by atoms with Gasteiger partial charge in [-0.05, 0) is 39.7 Å². The number of imide groups is 1. The number of nitrogens with one attached hydrogen (secondary N) is 1. The summed E-state index contributed by atoms with van der Waals surface area (Å²) in [7, 11) is 0. The molecule has 1 aliphatic rings. The minimum Gasteiger partial charge on any atom is -0.450 e. The average Bonchev–Trinajstić information content (AvgIpc) is 2.40. The first-order valence-corrected chi connectivity index (χ1v) is 6.34. The largest absolute Gasteiger partial charge is 0.450 e. The molecule has 1 fully saturated rings. The molecule has 2 amide bonds. The molecule has 0 aliphatic carbocycles. The van der Waals surface area contributed by atoms with E-state index in [1.165, 1.54) is 0 Å². The summed E-state index contributed by atoms with van der Waals surface area (Å²) in [5.74, 6) is -0.366. The molecule has 6 heteroatoms. The van der Waals surface area contributed by atoms with E-state index in [4.69, 9.17) is 0 Å². The molecule has 0 saturated carbocycles. The molecule has 0 spiro atoms. The van der Waals surface area contributed by atoms with Crippen molar-refractivity contribution in [2.75, 3.05) is 26.2 Å². The number of carbonyl (C=O) groups excluding carboxylic acids is 2. The Balaban J connectivity index is 2.33. The van der Waals surface area contributed by atoms with Crippen LogP contribution in [0.15, 0.2) is 0 Å². The lowest BCUT2D eigenvalue weighted by atomic mass is 9.98. The number of amides is 2. The highest BCUT2D eigenvalue weighted by Crippen LogP contribution is 2.20. The lowest BCUT2D eigenvalue weighted by molar-refractivity contribution is -0.121. The fourth-order valence-electron chi connectivity index (χ4n) is 2.00. The van der Waals surface area contributed by atoms with Crippen LogP contribution in [0.2, 0.25) is 0 Å². The fraction of sp³-hybridized carbons (Fsp3) is 0.833. The van der Waals surface area contributed by atoms with E-state index >= 15 is 0 Å². The smallest absolute Gasteiger partial charge is 0.413 e. The Labute approximate surface area is 107 Å². The van der Waals surface area contributed by atoms with Crippen LogP contribution in [0.1, 0.15) is 33.1 Å². The molecule has 0 bridgehead atoms. The molecule has 0 aromatic rings. The van der Waals surface area contributed by atoms with Gasteiger partial charge in [-0.2, -0.15) is 0 Å². The summed E-state index contributed by atoms with van der Waals surface area (Å²) in [5.41, 5.74) is -0.646. The first kappa shape index (κ1) is 14.9. The number of carbonyl (C=O) groups is 2. The van der Waals surface area contributed by atoms with Crippen LogP contribution in [0.5, 0.6) is 0 Å². The third kappa shape index (κ3) is 5.46. The summed E-state index contributed by atoms with van der Waals surface area (Å²) in [5, 5.41) is 12.1. The third-order valence-corrected chi connectivity index (χ3v) is 3.04. The molecule has 1 aliphatic heterocycles. The predicted octanol–water partition coefficient (Wildman–Crippen LogP) is 0.496. The lowest BCUT2D eigenvalue weighted by Crippen LogP contribution is -2.41. The third-order valence-electron chi connectivity index (χ3n) is 3.04. The summed E-state index contributed by atoms with van der Waals surface area (Å²) in [4.78, 5) is 24.5. The van der Waals surface area contributed by atoms with Crippen molar-refractivity contribution in [1.29, 1.82) is 0 Å². The summed E-state index contributed by atoms with van der Waals surface area (Å²) in [6.07, 6.45) is 1.52. The number of aliphatic hydroxyl groups is 1. The highest BCUT2D eigenvalue weighted by molar-refractivity contribution is 5.92. The lowest BCUT2D eigenvalue weighted by Gasteiger charge is -2.21. The SMILES string of the molecule is CCOC(=O)NC(=O)CN1CCCC(C)(O)CC1. The van der Waals surface area contributed by atoms with Crippen LogP contribution in [0.4, 0.5) is 4.79 Å². The van der Waals surface area contributed by atoms with E-state index in [1.54, 1.807) is 6.92 Å². The zero-order chi connectivity index (χ0) is 13.6. The Bertz CT molecular complexity index is 304. The topological polar surface area (TPSA) is 78.9 Å². The van der Waals surface area contributed by atoms with Gasteiger partial charge in [0.15, 0.2) is 0 Å². The van der Waals surface area contributed by atoms with Crippen molar-refractivity contribution in [3.8, 4) is 0 Å². The number of alkyl carbamates (subject to hydrolysis) is 1. The van der Waals surface area contributed by atoms with Crippen LogP contribution >= 0.6 is 0 Å². The number of rotatable bonds is 3. The minimum atomic E-state index is -0.704. The van der Waals surface area contributed by atoms with Crippen molar-refractivity contribution >= 4 is 12.0 Å². The Kier molecular flexibility index (Phi) is 5.55. The summed E-state index contributed by atoms with van der Waals surface area (Å²) < 4.78 is 4.63. The molecule has 1 atom stereocenters. The molecule has 1 heterocycles. The highest BCUT2D eigenvalue weighted by Gasteiger charge is 2.25. The fourth-order valence-corrected chi connectivity index (χ4v) is 2.00. The van der Waals surface area contributed by atoms with Gasteiger partial charge in [-0.15, -0.1) is 0 Å². The summed E-state index contributed by atoms with van der Waals surface area (Å²) in [6, 6.07) is 0. The van der Waals surface area contributed by atoms with Crippen molar-refractivity contribution in [3.05, 3.63) is 0 Å². The van der Waals surface area contributed by atoms with Crippen LogP contribution in [-0.4, -0.2) is 53.8 Å². The number of nitrogens with zero attached hydrogens (tertiary/aromatic N) is 1. The maximum Gasteiger partial charge on any atom is 0.413 e. The predicted molar refractivity (Wildman–Crippen MR) is 66.1 cm³/mol. The van der Waals surface area contributed by atoms with Gasteiger partial charge < -0.3 is 9.84 Å². The zero-order valence-electron chi connectivity index (χ0n) is 11.1. The second-order valence-corrected chi connectivity index (χ2v) is 4.90. The van der Waals surface area contributed by atoms with E-state index in [0.29, 0.717) is 13.0 Å². The monoisotopic (exact) mass is 258 g/mol. The molecule has 1 rings (SSSR count). The molecule has 1 unspecified atom stereocenters. The van der Waals surface area contributed by atoms with Gasteiger partial charge >= 0.3 is 6.09 Å². The minimum absolute atomic E-state index is 0.162. The van der Waals surface area contributed by atoms with Crippen molar-refractivity contribution in [2.45, 2.75) is 38.7 Å². The van der Waals surface area contributed by atoms with Gasteiger partial charge in [0.1, 0.15) is 0 Å². The van der Waals surface area contributed by atoms with E-state index in [0.717, 1.165) is 19.4 Å². The van der Waals surface area contributed by atoms with Crippen LogP contribution in [0, 0.1) is 0 Å². The van der Waals surface area contributed by atoms with E-state index in [9.17, 15) is 14.7 Å². The Morgan fingerprint density at radius 3 is 2.78 bits per heavy atom. The molecule has 1 saturated heterocycles. The molecule has 6 nitrogen and oxygen atoms in total. The molecule has 2 N–H and O–H groups in total. The highest BCUT2D eigenvalue weighted by atomic mass is 16.5. The van der Waals surface area contributed by atoms with Gasteiger partial charge in [-0.3, -0.25) is 15.0 Å². The second kappa shape index (κ2) is 6.70. The van der Waals surface area contributed by atoms with E-state index in [2.05, 4.69) is 10.1 Å². The van der Waals surface area contributed by atoms with Crippen LogP contribution in [-0.2, 0) is 9.53 Å². The molecule has 18 heavy (non-hydrogen) atoms. The molecule has 0 radical (unpaired) electrons. The average molecular weight is 258 g/mol. The maximum absolute atomic E-state index is 11.6. The van der Waals surface area contributed by atoms with Crippen molar-refractivity contribution in [1.82, 2.24) is 10.2 Å². The number of hydrogen-bond donors (Lipinski definition) is 2. The van der Waals surface area contributed by atoms with Gasteiger partial charge in [0.05, 0.1) is 18.8 Å². The first-order valence-electron chi connectivity index (χ1n) is 6.34. The van der Waals surface area contributed by atoms with E-state index < -0.39 is 11.7 Å². The molecule has 0 aromatic carbocycles. The molecular formula is C12H22N2O4. The summed E-state index contributed by atoms with van der Waals surface area (Å²) >= 11 is 0. The number of ether oxygens (including phenoxy) is 1. The Morgan fingerprint density at radius 1 is 1.39 bits per heavy atom. The van der Waals surface area contributed by atoms with Crippen molar-refractivity contribution < 1.29 is 19.4 Å². The Morgan fingerprint density at radius 2 is 2.11 bits per heavy atom. The van der Waals surface area contributed by atoms with Gasteiger partial charge in [-0.1, -0.05) is 0 Å². The van der Waals surface area contributed by atoms with E-state index in [1.807, 2.05) is 11.8 Å².